The van der Waals surface area contributed by atoms with E-state index in [1.165, 1.54) is 31.2 Å². The molecule has 0 amide bonds. The monoisotopic (exact) mass is 247 g/mol. The summed E-state index contributed by atoms with van der Waals surface area (Å²) in [5, 5.41) is 3.56. The van der Waals surface area contributed by atoms with Crippen LogP contribution in [-0.2, 0) is 0 Å². The van der Waals surface area contributed by atoms with Crippen LogP contribution in [0.4, 0.5) is 5.69 Å². The molecule has 0 aromatic heterocycles. The summed E-state index contributed by atoms with van der Waals surface area (Å²) >= 11 is 0. The molecule has 1 aliphatic rings. The van der Waals surface area contributed by atoms with Gasteiger partial charge in [0.1, 0.15) is 5.75 Å². The summed E-state index contributed by atoms with van der Waals surface area (Å²) in [5.74, 6) is 2.67. The van der Waals surface area contributed by atoms with E-state index in [1.54, 1.807) is 7.11 Å². The van der Waals surface area contributed by atoms with Crippen LogP contribution in [0.25, 0.3) is 0 Å². The number of nitrogens with one attached hydrogen (secondary N) is 1. The highest BCUT2D eigenvalue weighted by molar-refractivity contribution is 5.57. The molecular weight excluding hydrogens is 222 g/mol. The Balaban J connectivity index is 1.93. The number of methoxy groups -OCH3 is 1. The van der Waals surface area contributed by atoms with Crippen molar-refractivity contribution in [3.8, 4) is 5.75 Å². The second-order valence-corrected chi connectivity index (χ2v) is 5.72. The van der Waals surface area contributed by atoms with E-state index in [9.17, 15) is 0 Å². The van der Waals surface area contributed by atoms with Crippen LogP contribution in [0.2, 0.25) is 0 Å². The van der Waals surface area contributed by atoms with E-state index in [4.69, 9.17) is 4.74 Å². The number of anilines is 1. The van der Waals surface area contributed by atoms with Crippen molar-refractivity contribution in [2.75, 3.05) is 19.0 Å². The highest BCUT2D eigenvalue weighted by Gasteiger charge is 2.18. The predicted octanol–water partition coefficient (Wildman–Crippen LogP) is 4.24. The summed E-state index contributed by atoms with van der Waals surface area (Å²) in [6.07, 6.45) is 5.52. The van der Waals surface area contributed by atoms with Gasteiger partial charge in [-0.25, -0.2) is 0 Å². The molecule has 1 aliphatic carbocycles. The SMILES string of the molecule is COc1cc(C)ccc1NCC1CCCC(C)C1. The van der Waals surface area contributed by atoms with E-state index in [1.807, 2.05) is 0 Å². The van der Waals surface area contributed by atoms with E-state index in [-0.39, 0.29) is 0 Å². The number of hydrogen-bond donors (Lipinski definition) is 1. The highest BCUT2D eigenvalue weighted by atomic mass is 16.5. The standard InChI is InChI=1S/C16H25NO/c1-12-5-4-6-14(9-12)11-17-15-8-7-13(2)10-16(15)18-3/h7-8,10,12,14,17H,4-6,9,11H2,1-3H3. The van der Waals surface area contributed by atoms with Crippen molar-refractivity contribution >= 4 is 5.69 Å². The van der Waals surface area contributed by atoms with Gasteiger partial charge in [-0.3, -0.25) is 0 Å². The fraction of sp³-hybridized carbons (Fsp3) is 0.625. The minimum atomic E-state index is 0.819. The Bertz CT molecular complexity index is 389. The molecule has 0 bridgehead atoms. The second-order valence-electron chi connectivity index (χ2n) is 5.72. The van der Waals surface area contributed by atoms with Crippen LogP contribution in [-0.4, -0.2) is 13.7 Å². The minimum Gasteiger partial charge on any atom is -0.495 e. The normalized spacial score (nSPS) is 23.7. The average Bonchev–Trinajstić information content (AvgIpc) is 2.37. The van der Waals surface area contributed by atoms with E-state index in [0.717, 1.165) is 29.8 Å². The number of ether oxygens (including phenoxy) is 1. The molecule has 2 rings (SSSR count). The maximum atomic E-state index is 5.42. The van der Waals surface area contributed by atoms with Crippen LogP contribution in [0, 0.1) is 18.8 Å². The van der Waals surface area contributed by atoms with Crippen molar-refractivity contribution in [3.05, 3.63) is 23.8 Å². The van der Waals surface area contributed by atoms with Gasteiger partial charge in [-0.2, -0.15) is 0 Å². The van der Waals surface area contributed by atoms with Crippen LogP contribution in [0.3, 0.4) is 0 Å². The molecule has 1 aromatic rings. The smallest absolute Gasteiger partial charge is 0.142 e. The first-order chi connectivity index (χ1) is 8.69. The van der Waals surface area contributed by atoms with Crippen LogP contribution in [0.5, 0.6) is 5.75 Å². The molecule has 2 heteroatoms. The zero-order valence-electron chi connectivity index (χ0n) is 11.8. The van der Waals surface area contributed by atoms with Gasteiger partial charge in [-0.05, 0) is 49.3 Å². The molecule has 1 N–H and O–H groups in total. The van der Waals surface area contributed by atoms with Gasteiger partial charge < -0.3 is 10.1 Å². The minimum absolute atomic E-state index is 0.819. The number of rotatable bonds is 4. The largest absolute Gasteiger partial charge is 0.495 e. The molecule has 2 atom stereocenters. The van der Waals surface area contributed by atoms with Gasteiger partial charge in [0.05, 0.1) is 12.8 Å². The molecule has 2 nitrogen and oxygen atoms in total. The van der Waals surface area contributed by atoms with Gasteiger partial charge in [0, 0.05) is 6.54 Å². The summed E-state index contributed by atoms with van der Waals surface area (Å²) in [6.45, 7) is 5.54. The molecular formula is C16H25NO. The van der Waals surface area contributed by atoms with Crippen molar-refractivity contribution < 1.29 is 4.74 Å². The average molecular weight is 247 g/mol. The Hall–Kier alpha value is -1.18. The quantitative estimate of drug-likeness (QED) is 0.859. The third kappa shape index (κ3) is 3.41. The third-order valence-corrected chi connectivity index (χ3v) is 3.98. The first-order valence-corrected chi connectivity index (χ1v) is 7.07. The summed E-state index contributed by atoms with van der Waals surface area (Å²) < 4.78 is 5.42. The van der Waals surface area contributed by atoms with E-state index in [0.29, 0.717) is 0 Å². The van der Waals surface area contributed by atoms with Gasteiger partial charge in [0.2, 0.25) is 0 Å². The van der Waals surface area contributed by atoms with Crippen molar-refractivity contribution in [3.63, 3.8) is 0 Å². The Morgan fingerprint density at radius 2 is 2.17 bits per heavy atom. The fourth-order valence-electron chi connectivity index (χ4n) is 2.94. The predicted molar refractivity (Wildman–Crippen MR) is 77.3 cm³/mol. The Labute approximate surface area is 111 Å². The van der Waals surface area contributed by atoms with Crippen molar-refractivity contribution in [2.24, 2.45) is 11.8 Å². The highest BCUT2D eigenvalue weighted by Crippen LogP contribution is 2.30. The summed E-state index contributed by atoms with van der Waals surface area (Å²) in [5.41, 5.74) is 2.37. The third-order valence-electron chi connectivity index (χ3n) is 3.98. The van der Waals surface area contributed by atoms with Gasteiger partial charge in [0.15, 0.2) is 0 Å². The van der Waals surface area contributed by atoms with Crippen molar-refractivity contribution in [1.29, 1.82) is 0 Å². The molecule has 1 fully saturated rings. The van der Waals surface area contributed by atoms with Gasteiger partial charge in [0.25, 0.3) is 0 Å². The first kappa shape index (κ1) is 13.3. The Kier molecular flexibility index (Phi) is 4.51. The molecule has 0 radical (unpaired) electrons. The molecule has 0 heterocycles. The maximum absolute atomic E-state index is 5.42. The second kappa shape index (κ2) is 6.12. The van der Waals surface area contributed by atoms with Crippen molar-refractivity contribution in [1.82, 2.24) is 0 Å². The van der Waals surface area contributed by atoms with Crippen LogP contribution in [0.1, 0.15) is 38.2 Å². The lowest BCUT2D eigenvalue weighted by Gasteiger charge is -2.27. The number of aryl methyl sites for hydroxylation is 1. The van der Waals surface area contributed by atoms with Gasteiger partial charge >= 0.3 is 0 Å². The summed E-state index contributed by atoms with van der Waals surface area (Å²) in [7, 11) is 1.74. The van der Waals surface area contributed by atoms with E-state index >= 15 is 0 Å². The molecule has 0 aliphatic heterocycles. The molecule has 0 spiro atoms. The molecule has 2 unspecified atom stereocenters. The molecule has 1 saturated carbocycles. The Morgan fingerprint density at radius 1 is 1.33 bits per heavy atom. The maximum Gasteiger partial charge on any atom is 0.142 e. The summed E-state index contributed by atoms with van der Waals surface area (Å²) in [4.78, 5) is 0. The van der Waals surface area contributed by atoms with E-state index < -0.39 is 0 Å². The lowest BCUT2D eigenvalue weighted by molar-refractivity contribution is 0.293. The Morgan fingerprint density at radius 3 is 2.89 bits per heavy atom. The van der Waals surface area contributed by atoms with E-state index in [2.05, 4.69) is 37.4 Å². The number of hydrogen-bond acceptors (Lipinski definition) is 2. The molecule has 0 saturated heterocycles. The number of benzene rings is 1. The lowest BCUT2D eigenvalue weighted by Crippen LogP contribution is -2.21. The first-order valence-electron chi connectivity index (χ1n) is 7.07. The molecule has 18 heavy (non-hydrogen) atoms. The zero-order chi connectivity index (χ0) is 13.0. The zero-order valence-corrected chi connectivity index (χ0v) is 11.8. The van der Waals surface area contributed by atoms with Gasteiger partial charge in [-0.15, -0.1) is 0 Å². The fourth-order valence-corrected chi connectivity index (χ4v) is 2.94. The van der Waals surface area contributed by atoms with Crippen LogP contribution in [0.15, 0.2) is 18.2 Å². The molecule has 1 aromatic carbocycles. The topological polar surface area (TPSA) is 21.3 Å². The lowest BCUT2D eigenvalue weighted by atomic mass is 9.82. The van der Waals surface area contributed by atoms with Gasteiger partial charge in [-0.1, -0.05) is 25.8 Å². The molecule has 100 valence electrons. The van der Waals surface area contributed by atoms with Crippen molar-refractivity contribution in [2.45, 2.75) is 39.5 Å². The van der Waals surface area contributed by atoms with Crippen LogP contribution < -0.4 is 10.1 Å². The van der Waals surface area contributed by atoms with Crippen LogP contribution >= 0.6 is 0 Å². The summed E-state index contributed by atoms with van der Waals surface area (Å²) in [6, 6.07) is 6.35.